The Bertz CT molecular complexity index is 701. The van der Waals surface area contributed by atoms with Gasteiger partial charge >= 0.3 is 0 Å². The second-order valence-corrected chi connectivity index (χ2v) is 5.83. The standard InChI is InChI=1S/C19H22N2O2.ClH/c1-13(14-8-10-15(23-2)11-9-14)21-19(22)17-5-3-7-18-16(17)6-4-12-20-18;/h3,5,7-11,13,20H,4,6,12H2,1-2H3,(H,21,22);1H. The molecule has 2 aromatic carbocycles. The molecule has 3 rings (SSSR count). The number of amides is 1. The van der Waals surface area contributed by atoms with Gasteiger partial charge in [-0.25, -0.2) is 0 Å². The molecule has 0 saturated heterocycles. The monoisotopic (exact) mass is 346 g/mol. The molecule has 0 spiro atoms. The van der Waals surface area contributed by atoms with Crippen LogP contribution in [0.2, 0.25) is 0 Å². The third kappa shape index (κ3) is 3.82. The highest BCUT2D eigenvalue weighted by Gasteiger charge is 2.19. The van der Waals surface area contributed by atoms with Gasteiger partial charge < -0.3 is 15.4 Å². The summed E-state index contributed by atoms with van der Waals surface area (Å²) in [6.45, 7) is 2.97. The van der Waals surface area contributed by atoms with Crippen molar-refractivity contribution in [2.24, 2.45) is 0 Å². The number of methoxy groups -OCH3 is 1. The van der Waals surface area contributed by atoms with Crippen molar-refractivity contribution in [3.63, 3.8) is 0 Å². The average molecular weight is 347 g/mol. The molecule has 0 aromatic heterocycles. The SMILES string of the molecule is COc1ccc(C(C)NC(=O)c2cccc3c2CCCN3)cc1.Cl. The van der Waals surface area contributed by atoms with Crippen molar-refractivity contribution in [1.29, 1.82) is 0 Å². The van der Waals surface area contributed by atoms with Crippen molar-refractivity contribution in [3.05, 3.63) is 59.2 Å². The molecule has 1 amide bonds. The summed E-state index contributed by atoms with van der Waals surface area (Å²) in [5, 5.41) is 6.45. The third-order valence-corrected chi connectivity index (χ3v) is 4.30. The van der Waals surface area contributed by atoms with Crippen molar-refractivity contribution in [2.75, 3.05) is 19.0 Å². The minimum absolute atomic E-state index is 0. The van der Waals surface area contributed by atoms with E-state index in [1.165, 1.54) is 0 Å². The van der Waals surface area contributed by atoms with E-state index in [-0.39, 0.29) is 24.4 Å². The number of fused-ring (bicyclic) bond motifs is 1. The van der Waals surface area contributed by atoms with E-state index in [4.69, 9.17) is 4.74 Å². The second-order valence-electron chi connectivity index (χ2n) is 5.83. The first-order valence-corrected chi connectivity index (χ1v) is 7.99. The molecule has 0 bridgehead atoms. The number of rotatable bonds is 4. The smallest absolute Gasteiger partial charge is 0.252 e. The van der Waals surface area contributed by atoms with Gasteiger partial charge in [-0.2, -0.15) is 0 Å². The number of carbonyl (C=O) groups excluding carboxylic acids is 1. The zero-order chi connectivity index (χ0) is 16.2. The van der Waals surface area contributed by atoms with E-state index in [2.05, 4.69) is 10.6 Å². The lowest BCUT2D eigenvalue weighted by atomic mass is 9.96. The van der Waals surface area contributed by atoms with Crippen molar-refractivity contribution < 1.29 is 9.53 Å². The Hall–Kier alpha value is -2.20. The first kappa shape index (κ1) is 18.1. The van der Waals surface area contributed by atoms with Crippen LogP contribution < -0.4 is 15.4 Å². The van der Waals surface area contributed by atoms with E-state index in [1.54, 1.807) is 7.11 Å². The van der Waals surface area contributed by atoms with Crippen LogP contribution in [0.3, 0.4) is 0 Å². The van der Waals surface area contributed by atoms with Gasteiger partial charge in [0.05, 0.1) is 13.2 Å². The largest absolute Gasteiger partial charge is 0.497 e. The highest BCUT2D eigenvalue weighted by molar-refractivity contribution is 5.97. The van der Waals surface area contributed by atoms with Crippen LogP contribution in [-0.2, 0) is 6.42 Å². The molecule has 1 aliphatic heterocycles. The third-order valence-electron chi connectivity index (χ3n) is 4.30. The molecule has 1 aliphatic rings. The summed E-state index contributed by atoms with van der Waals surface area (Å²) in [4.78, 5) is 12.7. The summed E-state index contributed by atoms with van der Waals surface area (Å²) < 4.78 is 5.17. The Morgan fingerprint density at radius 3 is 2.67 bits per heavy atom. The van der Waals surface area contributed by atoms with E-state index in [9.17, 15) is 4.79 Å². The van der Waals surface area contributed by atoms with Crippen molar-refractivity contribution in [1.82, 2.24) is 5.32 Å². The Morgan fingerprint density at radius 2 is 1.96 bits per heavy atom. The van der Waals surface area contributed by atoms with Crippen LogP contribution in [0.25, 0.3) is 0 Å². The average Bonchev–Trinajstić information content (AvgIpc) is 2.61. The van der Waals surface area contributed by atoms with Crippen LogP contribution >= 0.6 is 12.4 Å². The molecule has 128 valence electrons. The molecule has 2 N–H and O–H groups in total. The molecular formula is C19H23ClN2O2. The molecule has 0 radical (unpaired) electrons. The van der Waals surface area contributed by atoms with Crippen molar-refractivity contribution in [2.45, 2.75) is 25.8 Å². The zero-order valence-corrected chi connectivity index (χ0v) is 14.8. The lowest BCUT2D eigenvalue weighted by Crippen LogP contribution is -2.28. The van der Waals surface area contributed by atoms with Gasteiger partial charge in [0.25, 0.3) is 5.91 Å². The van der Waals surface area contributed by atoms with E-state index >= 15 is 0 Å². The van der Waals surface area contributed by atoms with Crippen molar-refractivity contribution in [3.8, 4) is 5.75 Å². The van der Waals surface area contributed by atoms with Crippen LogP contribution in [0.15, 0.2) is 42.5 Å². The van der Waals surface area contributed by atoms with Gasteiger partial charge in [0, 0.05) is 17.8 Å². The summed E-state index contributed by atoms with van der Waals surface area (Å²) >= 11 is 0. The van der Waals surface area contributed by atoms with E-state index in [0.717, 1.165) is 47.5 Å². The van der Waals surface area contributed by atoms with E-state index in [1.807, 2.05) is 49.4 Å². The highest BCUT2D eigenvalue weighted by Crippen LogP contribution is 2.26. The van der Waals surface area contributed by atoms with Gasteiger partial charge in [-0.3, -0.25) is 4.79 Å². The number of ether oxygens (including phenoxy) is 1. The quantitative estimate of drug-likeness (QED) is 0.880. The Morgan fingerprint density at radius 1 is 1.21 bits per heavy atom. The van der Waals surface area contributed by atoms with Gasteiger partial charge in [0.15, 0.2) is 0 Å². The van der Waals surface area contributed by atoms with Crippen molar-refractivity contribution >= 4 is 24.0 Å². The molecule has 0 saturated carbocycles. The van der Waals surface area contributed by atoms with E-state index < -0.39 is 0 Å². The number of carbonyl (C=O) groups is 1. The molecule has 0 fully saturated rings. The topological polar surface area (TPSA) is 50.4 Å². The summed E-state index contributed by atoms with van der Waals surface area (Å²) in [6, 6.07) is 13.6. The fourth-order valence-corrected chi connectivity index (χ4v) is 2.97. The Balaban J connectivity index is 0.00000208. The minimum Gasteiger partial charge on any atom is -0.497 e. The number of hydrogen-bond donors (Lipinski definition) is 2. The Kier molecular flexibility index (Phi) is 6.10. The van der Waals surface area contributed by atoms with E-state index in [0.29, 0.717) is 0 Å². The highest BCUT2D eigenvalue weighted by atomic mass is 35.5. The van der Waals surface area contributed by atoms with Gasteiger partial charge in [-0.1, -0.05) is 18.2 Å². The Labute approximate surface area is 149 Å². The molecule has 1 atom stereocenters. The maximum absolute atomic E-state index is 12.7. The first-order valence-electron chi connectivity index (χ1n) is 7.99. The molecule has 24 heavy (non-hydrogen) atoms. The molecule has 5 heteroatoms. The van der Waals surface area contributed by atoms with Crippen LogP contribution in [-0.4, -0.2) is 19.6 Å². The lowest BCUT2D eigenvalue weighted by Gasteiger charge is -2.22. The number of nitrogens with one attached hydrogen (secondary N) is 2. The zero-order valence-electron chi connectivity index (χ0n) is 14.0. The lowest BCUT2D eigenvalue weighted by molar-refractivity contribution is 0.0939. The van der Waals surface area contributed by atoms with Gasteiger partial charge in [0.2, 0.25) is 0 Å². The predicted octanol–water partition coefficient (Wildman–Crippen LogP) is 3.97. The fraction of sp³-hybridized carbons (Fsp3) is 0.316. The number of anilines is 1. The van der Waals surface area contributed by atoms with Gasteiger partial charge in [-0.15, -0.1) is 12.4 Å². The number of benzene rings is 2. The van der Waals surface area contributed by atoms with Crippen LogP contribution in [0, 0.1) is 0 Å². The summed E-state index contributed by atoms with van der Waals surface area (Å²) in [5.41, 5.74) is 4.04. The molecule has 4 nitrogen and oxygen atoms in total. The number of hydrogen-bond acceptors (Lipinski definition) is 3. The van der Waals surface area contributed by atoms with Gasteiger partial charge in [0.1, 0.15) is 5.75 Å². The molecule has 2 aromatic rings. The summed E-state index contributed by atoms with van der Waals surface area (Å²) in [5.74, 6) is 0.796. The predicted molar refractivity (Wildman–Crippen MR) is 99.4 cm³/mol. The second kappa shape index (κ2) is 8.06. The number of halogens is 1. The first-order chi connectivity index (χ1) is 11.2. The van der Waals surface area contributed by atoms with Crippen LogP contribution in [0.1, 0.15) is 40.9 Å². The molecular weight excluding hydrogens is 324 g/mol. The molecule has 1 unspecified atom stereocenters. The molecule has 1 heterocycles. The minimum atomic E-state index is -0.0548. The van der Waals surface area contributed by atoms with Gasteiger partial charge in [-0.05, 0) is 55.2 Å². The van der Waals surface area contributed by atoms with Crippen LogP contribution in [0.4, 0.5) is 5.69 Å². The normalized spacial score (nSPS) is 13.8. The van der Waals surface area contributed by atoms with Crippen LogP contribution in [0.5, 0.6) is 5.75 Å². The maximum Gasteiger partial charge on any atom is 0.252 e. The summed E-state index contributed by atoms with van der Waals surface area (Å²) in [6.07, 6.45) is 2.01. The fourth-order valence-electron chi connectivity index (χ4n) is 2.97. The summed E-state index contributed by atoms with van der Waals surface area (Å²) in [7, 11) is 1.65. The molecule has 0 aliphatic carbocycles. The maximum atomic E-state index is 12.7.